The van der Waals surface area contributed by atoms with Crippen LogP contribution >= 0.6 is 0 Å². The molecule has 0 atom stereocenters. The first-order chi connectivity index (χ1) is 15.2. The average Bonchev–Trinajstić information content (AvgIpc) is 2.83. The minimum Gasteiger partial charge on any atom is -0.311 e. The highest BCUT2D eigenvalue weighted by Gasteiger charge is 2.16. The summed E-state index contributed by atoms with van der Waals surface area (Å²) < 4.78 is 0. The van der Waals surface area contributed by atoms with Crippen LogP contribution in [-0.4, -0.2) is 4.98 Å². The Bertz CT molecular complexity index is 1190. The lowest BCUT2D eigenvalue weighted by atomic mass is 10.0. The minimum atomic E-state index is 1.02. The van der Waals surface area contributed by atoms with Gasteiger partial charge in [-0.25, -0.2) is 0 Å². The van der Waals surface area contributed by atoms with E-state index in [2.05, 4.69) is 102 Å². The monoisotopic (exact) mass is 402 g/mol. The molecule has 0 aliphatic carbocycles. The predicted octanol–water partition coefficient (Wildman–Crippen LogP) is 8.03. The van der Waals surface area contributed by atoms with Crippen LogP contribution in [0, 0.1) is 0 Å². The molecule has 31 heavy (non-hydrogen) atoms. The minimum absolute atomic E-state index is 1.02. The molecule has 0 spiro atoms. The molecule has 0 unspecified atom stereocenters. The largest absolute Gasteiger partial charge is 0.311 e. The maximum Gasteiger partial charge on any atom is 0.0467 e. The average molecular weight is 403 g/mol. The van der Waals surface area contributed by atoms with Crippen molar-refractivity contribution >= 4 is 11.4 Å². The van der Waals surface area contributed by atoms with Crippen molar-refractivity contribution in [3.05, 3.63) is 127 Å². The molecule has 0 N–H and O–H groups in total. The van der Waals surface area contributed by atoms with Gasteiger partial charge in [0.1, 0.15) is 0 Å². The van der Waals surface area contributed by atoms with Crippen molar-refractivity contribution in [3.8, 4) is 22.3 Å². The molecule has 0 bridgehead atoms. The summed E-state index contributed by atoms with van der Waals surface area (Å²) in [6.45, 7) is 8.33. The van der Waals surface area contributed by atoms with E-state index < -0.39 is 0 Å². The predicted molar refractivity (Wildman–Crippen MR) is 132 cm³/mol. The van der Waals surface area contributed by atoms with Crippen LogP contribution in [0.25, 0.3) is 22.3 Å². The molecule has 0 aliphatic rings. The van der Waals surface area contributed by atoms with E-state index >= 15 is 0 Å². The fourth-order valence-electron chi connectivity index (χ4n) is 3.80. The summed E-state index contributed by atoms with van der Waals surface area (Å²) in [6.07, 6.45) is 5.77. The van der Waals surface area contributed by atoms with Crippen molar-refractivity contribution in [3.63, 3.8) is 0 Å². The summed E-state index contributed by atoms with van der Waals surface area (Å²) >= 11 is 0. The molecule has 0 radical (unpaired) electrons. The summed E-state index contributed by atoms with van der Waals surface area (Å²) in [5.74, 6) is 0. The quantitative estimate of drug-likeness (QED) is 0.303. The standard InChI is InChI=1S/C29H26N2/c1-4-29(22(2)3)31(27-15-13-24(14-16-27)23-9-6-5-7-10-23)28-12-8-11-26(21-28)25-17-19-30-20-18-25/h4-21H,2H2,1,3H3. The first-order valence-corrected chi connectivity index (χ1v) is 10.5. The Balaban J connectivity index is 1.78. The summed E-state index contributed by atoms with van der Waals surface area (Å²) in [4.78, 5) is 6.41. The van der Waals surface area contributed by atoms with Gasteiger partial charge in [0, 0.05) is 29.5 Å². The Morgan fingerprint density at radius 3 is 1.97 bits per heavy atom. The van der Waals surface area contributed by atoms with Crippen molar-refractivity contribution < 1.29 is 0 Å². The highest BCUT2D eigenvalue weighted by atomic mass is 15.1. The summed E-state index contributed by atoms with van der Waals surface area (Å²) in [5, 5.41) is 0. The number of nitrogens with zero attached hydrogens (tertiary/aromatic N) is 2. The van der Waals surface area contributed by atoms with Gasteiger partial charge in [0.25, 0.3) is 0 Å². The number of allylic oxidation sites excluding steroid dienone is 2. The van der Waals surface area contributed by atoms with E-state index in [4.69, 9.17) is 0 Å². The van der Waals surface area contributed by atoms with E-state index in [1.165, 1.54) is 11.1 Å². The number of rotatable bonds is 6. The summed E-state index contributed by atoms with van der Waals surface area (Å²) in [5.41, 5.74) is 9.01. The van der Waals surface area contributed by atoms with Gasteiger partial charge in [0.2, 0.25) is 0 Å². The van der Waals surface area contributed by atoms with Gasteiger partial charge >= 0.3 is 0 Å². The molecule has 0 amide bonds. The van der Waals surface area contributed by atoms with Gasteiger partial charge < -0.3 is 4.90 Å². The lowest BCUT2D eigenvalue weighted by molar-refractivity contribution is 1.15. The molecule has 3 aromatic carbocycles. The zero-order valence-electron chi connectivity index (χ0n) is 18.0. The van der Waals surface area contributed by atoms with Gasteiger partial charge in [0.15, 0.2) is 0 Å². The Kier molecular flexibility index (Phi) is 6.09. The van der Waals surface area contributed by atoms with Crippen LogP contribution in [0.3, 0.4) is 0 Å². The maximum absolute atomic E-state index is 4.23. The van der Waals surface area contributed by atoms with E-state index in [1.807, 2.05) is 37.5 Å². The van der Waals surface area contributed by atoms with Crippen LogP contribution in [0.1, 0.15) is 13.8 Å². The van der Waals surface area contributed by atoms with Crippen molar-refractivity contribution in [2.75, 3.05) is 4.90 Å². The summed E-state index contributed by atoms with van der Waals surface area (Å²) in [7, 11) is 0. The first-order valence-electron chi connectivity index (χ1n) is 10.5. The second-order valence-electron chi connectivity index (χ2n) is 7.49. The number of hydrogen-bond acceptors (Lipinski definition) is 2. The fourth-order valence-corrected chi connectivity index (χ4v) is 3.80. The van der Waals surface area contributed by atoms with Crippen LogP contribution in [0.2, 0.25) is 0 Å². The Labute approximate surface area is 184 Å². The van der Waals surface area contributed by atoms with Crippen LogP contribution in [0.15, 0.2) is 127 Å². The first kappa shape index (κ1) is 20.4. The topological polar surface area (TPSA) is 16.1 Å². The number of anilines is 2. The molecule has 0 saturated heterocycles. The number of pyridine rings is 1. The lowest BCUT2D eigenvalue weighted by Crippen LogP contribution is -2.17. The number of aromatic nitrogens is 1. The maximum atomic E-state index is 4.23. The smallest absolute Gasteiger partial charge is 0.0467 e. The van der Waals surface area contributed by atoms with E-state index in [0.717, 1.165) is 33.8 Å². The van der Waals surface area contributed by atoms with Gasteiger partial charge in [0.05, 0.1) is 0 Å². The Morgan fingerprint density at radius 1 is 0.710 bits per heavy atom. The normalized spacial score (nSPS) is 11.2. The number of benzene rings is 3. The molecular formula is C29H26N2. The second-order valence-corrected chi connectivity index (χ2v) is 7.49. The Hall–Kier alpha value is -3.91. The third-order valence-electron chi connectivity index (χ3n) is 5.30. The van der Waals surface area contributed by atoms with Gasteiger partial charge in [-0.15, -0.1) is 0 Å². The van der Waals surface area contributed by atoms with Crippen LogP contribution in [0.5, 0.6) is 0 Å². The fraction of sp³-hybridized carbons (Fsp3) is 0.0690. The van der Waals surface area contributed by atoms with Crippen molar-refractivity contribution in [2.24, 2.45) is 0 Å². The van der Waals surface area contributed by atoms with Gasteiger partial charge in [-0.1, -0.05) is 67.3 Å². The third kappa shape index (κ3) is 4.49. The number of hydrogen-bond donors (Lipinski definition) is 0. The third-order valence-corrected chi connectivity index (χ3v) is 5.30. The summed E-state index contributed by atoms with van der Waals surface area (Å²) in [6, 6.07) is 31.8. The van der Waals surface area contributed by atoms with E-state index in [0.29, 0.717) is 0 Å². The lowest BCUT2D eigenvalue weighted by Gasteiger charge is -2.29. The molecule has 0 saturated carbocycles. The van der Waals surface area contributed by atoms with Gasteiger partial charge in [-0.2, -0.15) is 0 Å². The van der Waals surface area contributed by atoms with Crippen molar-refractivity contribution in [2.45, 2.75) is 13.8 Å². The molecule has 152 valence electrons. The van der Waals surface area contributed by atoms with E-state index in [9.17, 15) is 0 Å². The van der Waals surface area contributed by atoms with Crippen molar-refractivity contribution in [1.29, 1.82) is 0 Å². The Morgan fingerprint density at radius 2 is 1.32 bits per heavy atom. The SMILES string of the molecule is C=C(C)C(=CC)N(c1ccc(-c2ccccc2)cc1)c1cccc(-c2ccncc2)c1. The van der Waals surface area contributed by atoms with Crippen LogP contribution < -0.4 is 4.90 Å². The van der Waals surface area contributed by atoms with Gasteiger partial charge in [-0.05, 0) is 78.1 Å². The molecule has 4 aromatic rings. The zero-order chi connectivity index (χ0) is 21.6. The molecule has 2 nitrogen and oxygen atoms in total. The van der Waals surface area contributed by atoms with E-state index in [1.54, 1.807) is 0 Å². The van der Waals surface area contributed by atoms with Crippen LogP contribution in [-0.2, 0) is 0 Å². The highest BCUT2D eigenvalue weighted by Crippen LogP contribution is 2.35. The molecular weight excluding hydrogens is 376 g/mol. The molecule has 0 fully saturated rings. The highest BCUT2D eigenvalue weighted by molar-refractivity contribution is 5.77. The molecule has 2 heteroatoms. The van der Waals surface area contributed by atoms with Crippen LogP contribution in [0.4, 0.5) is 11.4 Å². The zero-order valence-corrected chi connectivity index (χ0v) is 18.0. The second kappa shape index (κ2) is 9.27. The van der Waals surface area contributed by atoms with Crippen molar-refractivity contribution in [1.82, 2.24) is 4.98 Å². The molecule has 1 heterocycles. The molecule has 0 aliphatic heterocycles. The van der Waals surface area contributed by atoms with E-state index in [-0.39, 0.29) is 0 Å². The van der Waals surface area contributed by atoms with Gasteiger partial charge in [-0.3, -0.25) is 4.98 Å². The molecule has 4 rings (SSSR count). The molecule has 1 aromatic heterocycles.